The topological polar surface area (TPSA) is 37.8 Å². The fourth-order valence-electron chi connectivity index (χ4n) is 3.26. The van der Waals surface area contributed by atoms with Gasteiger partial charge in [-0.3, -0.25) is 0 Å². The lowest BCUT2D eigenvalue weighted by atomic mass is 9.95. The van der Waals surface area contributed by atoms with E-state index < -0.39 is 0 Å². The number of halogens is 1. The summed E-state index contributed by atoms with van der Waals surface area (Å²) in [6.45, 7) is 3.92. The maximum absolute atomic E-state index is 6.15. The molecule has 2 saturated carbocycles. The molecule has 0 saturated heterocycles. The van der Waals surface area contributed by atoms with Gasteiger partial charge in [0.05, 0.1) is 11.4 Å². The van der Waals surface area contributed by atoms with Crippen LogP contribution in [0.15, 0.2) is 0 Å². The summed E-state index contributed by atoms with van der Waals surface area (Å²) in [7, 11) is 0. The van der Waals surface area contributed by atoms with Crippen LogP contribution in [0.2, 0.25) is 5.15 Å². The highest BCUT2D eigenvalue weighted by Crippen LogP contribution is 2.45. The average Bonchev–Trinajstić information content (AvgIpc) is 2.87. The second-order valence-electron chi connectivity index (χ2n) is 5.46. The van der Waals surface area contributed by atoms with E-state index in [1.807, 2.05) is 13.8 Å². The molecule has 3 nitrogen and oxygen atoms in total. The SMILES string of the molecule is Cc1nc(Cl)c(NC2CC3CCC2C3)nc1C. The van der Waals surface area contributed by atoms with Gasteiger partial charge in [-0.25, -0.2) is 9.97 Å². The van der Waals surface area contributed by atoms with Crippen LogP contribution in [0.25, 0.3) is 0 Å². The van der Waals surface area contributed by atoms with E-state index in [1.165, 1.54) is 25.7 Å². The Kier molecular flexibility index (Phi) is 2.74. The standard InChI is InChI=1S/C13H18ClN3/c1-7-8(2)16-13(12(14)15-7)17-11-6-9-3-4-10(11)5-9/h9-11H,3-6H2,1-2H3,(H,16,17). The summed E-state index contributed by atoms with van der Waals surface area (Å²) in [4.78, 5) is 8.83. The van der Waals surface area contributed by atoms with E-state index in [-0.39, 0.29) is 0 Å². The van der Waals surface area contributed by atoms with Crippen LogP contribution in [0.3, 0.4) is 0 Å². The normalized spacial score (nSPS) is 30.9. The van der Waals surface area contributed by atoms with Gasteiger partial charge >= 0.3 is 0 Å². The molecule has 0 spiro atoms. The predicted molar refractivity (Wildman–Crippen MR) is 69.4 cm³/mol. The van der Waals surface area contributed by atoms with E-state index in [0.717, 1.165) is 29.0 Å². The van der Waals surface area contributed by atoms with Crippen molar-refractivity contribution < 1.29 is 0 Å². The van der Waals surface area contributed by atoms with E-state index in [2.05, 4.69) is 15.3 Å². The Bertz CT molecular complexity index is 447. The molecule has 0 aromatic carbocycles. The monoisotopic (exact) mass is 251 g/mol. The van der Waals surface area contributed by atoms with Crippen LogP contribution in [0.1, 0.15) is 37.1 Å². The van der Waals surface area contributed by atoms with Crippen molar-refractivity contribution >= 4 is 17.4 Å². The zero-order valence-electron chi connectivity index (χ0n) is 10.3. The molecule has 1 aromatic heterocycles. The molecule has 1 aromatic rings. The molecule has 2 aliphatic carbocycles. The molecule has 2 fully saturated rings. The van der Waals surface area contributed by atoms with Gasteiger partial charge in [-0.05, 0) is 44.9 Å². The average molecular weight is 252 g/mol. The molecule has 3 unspecified atom stereocenters. The smallest absolute Gasteiger partial charge is 0.171 e. The molecule has 4 heteroatoms. The first-order valence-corrected chi connectivity index (χ1v) is 6.78. The Morgan fingerprint density at radius 2 is 1.88 bits per heavy atom. The lowest BCUT2D eigenvalue weighted by Crippen LogP contribution is -2.26. The molecule has 92 valence electrons. The highest BCUT2D eigenvalue weighted by atomic mass is 35.5. The van der Waals surface area contributed by atoms with E-state index in [0.29, 0.717) is 11.2 Å². The second kappa shape index (κ2) is 4.13. The molecule has 0 amide bonds. The molecule has 1 heterocycles. The Morgan fingerprint density at radius 3 is 2.53 bits per heavy atom. The number of nitrogens with one attached hydrogen (secondary N) is 1. The highest BCUT2D eigenvalue weighted by Gasteiger charge is 2.39. The molecule has 0 aliphatic heterocycles. The summed E-state index contributed by atoms with van der Waals surface area (Å²) in [5.41, 5.74) is 1.87. The molecule has 3 rings (SSSR count). The van der Waals surface area contributed by atoms with Gasteiger partial charge in [0.25, 0.3) is 0 Å². The van der Waals surface area contributed by atoms with Gasteiger partial charge in [0.15, 0.2) is 11.0 Å². The summed E-state index contributed by atoms with van der Waals surface area (Å²) < 4.78 is 0. The first-order valence-electron chi connectivity index (χ1n) is 6.40. The summed E-state index contributed by atoms with van der Waals surface area (Å²) >= 11 is 6.15. The van der Waals surface area contributed by atoms with Crippen molar-refractivity contribution in [1.82, 2.24) is 9.97 Å². The van der Waals surface area contributed by atoms with Crippen molar-refractivity contribution in [3.63, 3.8) is 0 Å². The third-order valence-electron chi connectivity index (χ3n) is 4.32. The molecular formula is C13H18ClN3. The predicted octanol–water partition coefficient (Wildman–Crippen LogP) is 3.35. The summed E-state index contributed by atoms with van der Waals surface area (Å²) in [5.74, 6) is 2.52. The largest absolute Gasteiger partial charge is 0.364 e. The summed E-state index contributed by atoms with van der Waals surface area (Å²) in [5, 5.41) is 4.01. The van der Waals surface area contributed by atoms with Crippen molar-refractivity contribution in [1.29, 1.82) is 0 Å². The number of fused-ring (bicyclic) bond motifs is 2. The third-order valence-corrected chi connectivity index (χ3v) is 4.59. The highest BCUT2D eigenvalue weighted by molar-refractivity contribution is 6.31. The van der Waals surface area contributed by atoms with Crippen molar-refractivity contribution in [2.24, 2.45) is 11.8 Å². The number of rotatable bonds is 2. The molecular weight excluding hydrogens is 234 g/mol. The van der Waals surface area contributed by atoms with Gasteiger partial charge in [0.1, 0.15) is 0 Å². The van der Waals surface area contributed by atoms with Gasteiger partial charge in [0.2, 0.25) is 0 Å². The lowest BCUT2D eigenvalue weighted by molar-refractivity contribution is 0.439. The zero-order valence-corrected chi connectivity index (χ0v) is 11.1. The Hall–Kier alpha value is -0.830. The van der Waals surface area contributed by atoms with E-state index in [9.17, 15) is 0 Å². The van der Waals surface area contributed by atoms with Gasteiger partial charge in [-0.2, -0.15) is 0 Å². The van der Waals surface area contributed by atoms with Crippen molar-refractivity contribution in [2.75, 3.05) is 5.32 Å². The fraction of sp³-hybridized carbons (Fsp3) is 0.692. The Morgan fingerprint density at radius 1 is 1.12 bits per heavy atom. The number of hydrogen-bond donors (Lipinski definition) is 1. The zero-order chi connectivity index (χ0) is 12.0. The van der Waals surface area contributed by atoms with Gasteiger partial charge in [-0.1, -0.05) is 18.0 Å². The fourth-order valence-corrected chi connectivity index (χ4v) is 3.49. The molecule has 1 N–H and O–H groups in total. The van der Waals surface area contributed by atoms with Crippen LogP contribution in [-0.2, 0) is 0 Å². The molecule has 0 radical (unpaired) electrons. The third kappa shape index (κ3) is 2.01. The van der Waals surface area contributed by atoms with Crippen molar-refractivity contribution in [3.05, 3.63) is 16.5 Å². The Balaban J connectivity index is 1.79. The van der Waals surface area contributed by atoms with Crippen molar-refractivity contribution in [2.45, 2.75) is 45.6 Å². The van der Waals surface area contributed by atoms with Gasteiger partial charge in [0, 0.05) is 6.04 Å². The molecule has 3 atom stereocenters. The quantitative estimate of drug-likeness (QED) is 0.876. The van der Waals surface area contributed by atoms with E-state index >= 15 is 0 Å². The minimum atomic E-state index is 0.510. The van der Waals surface area contributed by atoms with E-state index in [4.69, 9.17) is 11.6 Å². The van der Waals surface area contributed by atoms with Crippen LogP contribution in [-0.4, -0.2) is 16.0 Å². The first kappa shape index (κ1) is 11.3. The van der Waals surface area contributed by atoms with E-state index in [1.54, 1.807) is 0 Å². The number of nitrogens with zero attached hydrogens (tertiary/aromatic N) is 2. The second-order valence-corrected chi connectivity index (χ2v) is 5.82. The van der Waals surface area contributed by atoms with Gasteiger partial charge in [-0.15, -0.1) is 0 Å². The number of aryl methyl sites for hydroxylation is 2. The van der Waals surface area contributed by atoms with Crippen LogP contribution >= 0.6 is 11.6 Å². The molecule has 2 aliphatic rings. The number of hydrogen-bond acceptors (Lipinski definition) is 3. The van der Waals surface area contributed by atoms with Crippen LogP contribution in [0.5, 0.6) is 0 Å². The molecule has 17 heavy (non-hydrogen) atoms. The molecule has 2 bridgehead atoms. The Labute approximate surface area is 107 Å². The van der Waals surface area contributed by atoms with Crippen LogP contribution in [0.4, 0.5) is 5.82 Å². The maximum Gasteiger partial charge on any atom is 0.171 e. The van der Waals surface area contributed by atoms with Crippen LogP contribution < -0.4 is 5.32 Å². The minimum Gasteiger partial charge on any atom is -0.364 e. The minimum absolute atomic E-state index is 0.510. The van der Waals surface area contributed by atoms with Gasteiger partial charge < -0.3 is 5.32 Å². The summed E-state index contributed by atoms with van der Waals surface area (Å²) in [6.07, 6.45) is 5.43. The summed E-state index contributed by atoms with van der Waals surface area (Å²) in [6, 6.07) is 0.558. The number of aromatic nitrogens is 2. The number of anilines is 1. The first-order chi connectivity index (χ1) is 8.13. The van der Waals surface area contributed by atoms with Crippen LogP contribution in [0, 0.1) is 25.7 Å². The maximum atomic E-state index is 6.15. The van der Waals surface area contributed by atoms with Crippen molar-refractivity contribution in [3.8, 4) is 0 Å². The lowest BCUT2D eigenvalue weighted by Gasteiger charge is -2.23.